The van der Waals surface area contributed by atoms with E-state index < -0.39 is 17.4 Å². The second-order valence-electron chi connectivity index (χ2n) is 6.92. The first-order valence-corrected chi connectivity index (χ1v) is 8.87. The molecular formula is C17H18F3N7O. The lowest BCUT2D eigenvalue weighted by Crippen LogP contribution is -2.37. The molecule has 0 unspecified atom stereocenters. The van der Waals surface area contributed by atoms with Crippen molar-refractivity contribution in [3.05, 3.63) is 46.5 Å². The molecule has 148 valence electrons. The van der Waals surface area contributed by atoms with E-state index in [1.807, 2.05) is 13.0 Å². The van der Waals surface area contributed by atoms with Gasteiger partial charge in [-0.1, -0.05) is 0 Å². The first-order valence-electron chi connectivity index (χ1n) is 8.87. The van der Waals surface area contributed by atoms with E-state index in [-0.39, 0.29) is 5.92 Å². The second kappa shape index (κ2) is 6.88. The lowest BCUT2D eigenvalue weighted by Gasteiger charge is -2.33. The maximum atomic E-state index is 12.6. The number of hydrogen-bond acceptors (Lipinski definition) is 6. The Kier molecular flexibility index (Phi) is 4.52. The standard InChI is InChI=1S/C17H18F3N7O/c1-11-6-14(27-16(24-11)21-9-23-27)25-4-2-12(3-5-25)8-26-10-22-13(7-15(26)28)17(18,19)20/h6-7,9-10,12H,2-5,8H2,1H3. The van der Waals surface area contributed by atoms with Gasteiger partial charge in [-0.25, -0.2) is 9.97 Å². The number of anilines is 1. The zero-order chi connectivity index (χ0) is 19.9. The minimum Gasteiger partial charge on any atom is -0.356 e. The second-order valence-corrected chi connectivity index (χ2v) is 6.92. The van der Waals surface area contributed by atoms with Gasteiger partial charge in [0.2, 0.25) is 0 Å². The molecule has 4 rings (SSSR count). The van der Waals surface area contributed by atoms with Gasteiger partial charge in [-0.2, -0.15) is 27.8 Å². The van der Waals surface area contributed by atoms with Crippen LogP contribution in [0, 0.1) is 12.8 Å². The molecule has 1 aliphatic rings. The Morgan fingerprint density at radius 3 is 2.61 bits per heavy atom. The summed E-state index contributed by atoms with van der Waals surface area (Å²) in [5.74, 6) is 1.63. The van der Waals surface area contributed by atoms with Gasteiger partial charge in [0.25, 0.3) is 11.3 Å². The molecule has 0 N–H and O–H groups in total. The fourth-order valence-electron chi connectivity index (χ4n) is 3.48. The molecule has 0 amide bonds. The van der Waals surface area contributed by atoms with Crippen LogP contribution in [0.15, 0.2) is 29.6 Å². The molecule has 0 radical (unpaired) electrons. The smallest absolute Gasteiger partial charge is 0.356 e. The van der Waals surface area contributed by atoms with Crippen molar-refractivity contribution in [2.45, 2.75) is 32.5 Å². The van der Waals surface area contributed by atoms with Crippen LogP contribution in [0.2, 0.25) is 0 Å². The first kappa shape index (κ1) is 18.4. The number of aryl methyl sites for hydroxylation is 1. The molecule has 28 heavy (non-hydrogen) atoms. The van der Waals surface area contributed by atoms with Crippen molar-refractivity contribution < 1.29 is 13.2 Å². The van der Waals surface area contributed by atoms with Gasteiger partial charge in [-0.05, 0) is 25.7 Å². The van der Waals surface area contributed by atoms with E-state index in [0.717, 1.165) is 43.8 Å². The van der Waals surface area contributed by atoms with Gasteiger partial charge >= 0.3 is 6.18 Å². The zero-order valence-electron chi connectivity index (χ0n) is 15.1. The summed E-state index contributed by atoms with van der Waals surface area (Å²) < 4.78 is 40.9. The van der Waals surface area contributed by atoms with Crippen molar-refractivity contribution in [2.24, 2.45) is 5.92 Å². The molecule has 0 atom stereocenters. The Morgan fingerprint density at radius 1 is 1.18 bits per heavy atom. The Labute approximate surface area is 157 Å². The van der Waals surface area contributed by atoms with Crippen molar-refractivity contribution >= 4 is 11.6 Å². The summed E-state index contributed by atoms with van der Waals surface area (Å²) >= 11 is 0. The molecule has 11 heteroatoms. The Bertz CT molecular complexity index is 1050. The maximum absolute atomic E-state index is 12.6. The van der Waals surface area contributed by atoms with E-state index in [9.17, 15) is 18.0 Å². The zero-order valence-corrected chi connectivity index (χ0v) is 15.1. The lowest BCUT2D eigenvalue weighted by atomic mass is 9.96. The van der Waals surface area contributed by atoms with Gasteiger partial charge in [0, 0.05) is 37.5 Å². The van der Waals surface area contributed by atoms with Crippen molar-refractivity contribution in [1.29, 1.82) is 0 Å². The average Bonchev–Trinajstić information content (AvgIpc) is 3.11. The van der Waals surface area contributed by atoms with E-state index >= 15 is 0 Å². The molecule has 0 bridgehead atoms. The van der Waals surface area contributed by atoms with E-state index in [2.05, 4.69) is 25.0 Å². The molecule has 1 fully saturated rings. The van der Waals surface area contributed by atoms with Crippen LogP contribution < -0.4 is 10.5 Å². The van der Waals surface area contributed by atoms with Gasteiger partial charge in [0.05, 0.1) is 6.33 Å². The van der Waals surface area contributed by atoms with Crippen molar-refractivity contribution in [1.82, 2.24) is 29.1 Å². The summed E-state index contributed by atoms with van der Waals surface area (Å²) in [4.78, 5) is 26.0. The Morgan fingerprint density at radius 2 is 1.93 bits per heavy atom. The number of hydrogen-bond donors (Lipinski definition) is 0. The fraction of sp³-hybridized carbons (Fsp3) is 0.471. The number of fused-ring (bicyclic) bond motifs is 1. The topological polar surface area (TPSA) is 81.2 Å². The van der Waals surface area contributed by atoms with Crippen molar-refractivity contribution in [2.75, 3.05) is 18.0 Å². The molecule has 0 spiro atoms. The minimum atomic E-state index is -4.61. The molecule has 1 saturated heterocycles. The lowest BCUT2D eigenvalue weighted by molar-refractivity contribution is -0.141. The van der Waals surface area contributed by atoms with Crippen LogP contribution in [-0.4, -0.2) is 42.2 Å². The third-order valence-electron chi connectivity index (χ3n) is 4.92. The molecule has 3 aromatic rings. The summed E-state index contributed by atoms with van der Waals surface area (Å²) in [5, 5.41) is 4.22. The molecule has 3 aromatic heterocycles. The van der Waals surface area contributed by atoms with Gasteiger partial charge in [-0.3, -0.25) is 9.36 Å². The molecule has 4 heterocycles. The minimum absolute atomic E-state index is 0.182. The third-order valence-corrected chi connectivity index (χ3v) is 4.92. The van der Waals surface area contributed by atoms with Crippen LogP contribution in [-0.2, 0) is 12.7 Å². The van der Waals surface area contributed by atoms with Crippen LogP contribution in [0.5, 0.6) is 0 Å². The van der Waals surface area contributed by atoms with Gasteiger partial charge in [0.15, 0.2) is 5.69 Å². The number of piperidine rings is 1. The highest BCUT2D eigenvalue weighted by atomic mass is 19.4. The molecule has 0 aliphatic carbocycles. The highest BCUT2D eigenvalue weighted by Gasteiger charge is 2.33. The summed E-state index contributed by atoms with van der Waals surface area (Å²) in [5.41, 5.74) is -0.993. The summed E-state index contributed by atoms with van der Waals surface area (Å²) in [7, 11) is 0. The van der Waals surface area contributed by atoms with Gasteiger partial charge < -0.3 is 4.90 Å². The molecule has 8 nitrogen and oxygen atoms in total. The van der Waals surface area contributed by atoms with E-state index in [1.165, 1.54) is 10.9 Å². The maximum Gasteiger partial charge on any atom is 0.433 e. The third kappa shape index (κ3) is 3.56. The number of nitrogens with zero attached hydrogens (tertiary/aromatic N) is 7. The predicted octanol–water partition coefficient (Wildman–Crippen LogP) is 1.92. The first-order chi connectivity index (χ1) is 13.3. The van der Waals surface area contributed by atoms with E-state index in [1.54, 1.807) is 4.52 Å². The number of aromatic nitrogens is 6. The van der Waals surface area contributed by atoms with Crippen LogP contribution in [0.3, 0.4) is 0 Å². The van der Waals surface area contributed by atoms with E-state index in [0.29, 0.717) is 18.4 Å². The normalized spacial score (nSPS) is 16.1. The van der Waals surface area contributed by atoms with E-state index in [4.69, 9.17) is 0 Å². The van der Waals surface area contributed by atoms with Gasteiger partial charge in [-0.15, -0.1) is 0 Å². The monoisotopic (exact) mass is 393 g/mol. The van der Waals surface area contributed by atoms with Crippen LogP contribution in [0.4, 0.5) is 19.0 Å². The number of rotatable bonds is 3. The SMILES string of the molecule is Cc1cc(N2CCC(Cn3cnc(C(F)(F)F)cc3=O)CC2)n2ncnc2n1. The highest BCUT2D eigenvalue weighted by Crippen LogP contribution is 2.27. The van der Waals surface area contributed by atoms with Crippen molar-refractivity contribution in [3.8, 4) is 0 Å². The Balaban J connectivity index is 1.45. The van der Waals surface area contributed by atoms with Crippen molar-refractivity contribution in [3.63, 3.8) is 0 Å². The average molecular weight is 393 g/mol. The molecule has 1 aliphatic heterocycles. The summed E-state index contributed by atoms with van der Waals surface area (Å²) in [6.07, 6.45) is -0.570. The summed E-state index contributed by atoms with van der Waals surface area (Å²) in [6, 6.07) is 2.50. The molecular weight excluding hydrogens is 375 g/mol. The number of alkyl halides is 3. The van der Waals surface area contributed by atoms with Crippen LogP contribution in [0.25, 0.3) is 5.78 Å². The van der Waals surface area contributed by atoms with Gasteiger partial charge in [0.1, 0.15) is 12.1 Å². The number of halogens is 3. The highest BCUT2D eigenvalue weighted by molar-refractivity contribution is 5.47. The molecule has 0 saturated carbocycles. The summed E-state index contributed by atoms with van der Waals surface area (Å²) in [6.45, 7) is 3.73. The quantitative estimate of drug-likeness (QED) is 0.676. The van der Waals surface area contributed by atoms with Crippen LogP contribution >= 0.6 is 0 Å². The predicted molar refractivity (Wildman–Crippen MR) is 94.0 cm³/mol. The molecule has 0 aromatic carbocycles. The van der Waals surface area contributed by atoms with Crippen LogP contribution in [0.1, 0.15) is 24.2 Å². The fourth-order valence-corrected chi connectivity index (χ4v) is 3.48. The Hall–Kier alpha value is -2.98. The largest absolute Gasteiger partial charge is 0.433 e.